The molecule has 0 heterocycles. The van der Waals surface area contributed by atoms with Crippen LogP contribution in [-0.4, -0.2) is 31.3 Å². The van der Waals surface area contributed by atoms with E-state index in [2.05, 4.69) is 22.9 Å². The van der Waals surface area contributed by atoms with Crippen LogP contribution in [0.25, 0.3) is 0 Å². The van der Waals surface area contributed by atoms with E-state index in [4.69, 9.17) is 11.2 Å². The van der Waals surface area contributed by atoms with Gasteiger partial charge in [0.05, 0.1) is 6.61 Å². The minimum Gasteiger partial charge on any atom is -0.464 e. The SMILES string of the molecule is C#CCOC(=O)N[C@@H](C)C(=O)OCCCCCCCCCCCCCCCC. The van der Waals surface area contributed by atoms with E-state index in [0.29, 0.717) is 6.61 Å². The maximum atomic E-state index is 11.8. The lowest BCUT2D eigenvalue weighted by molar-refractivity contribution is -0.145. The second kappa shape index (κ2) is 20.0. The minimum absolute atomic E-state index is 0.118. The third-order valence-corrected chi connectivity index (χ3v) is 4.72. The van der Waals surface area contributed by atoms with Crippen LogP contribution < -0.4 is 5.32 Å². The molecule has 0 unspecified atom stereocenters. The lowest BCUT2D eigenvalue weighted by Gasteiger charge is -2.12. The standard InChI is InChI=1S/C23H41NO4/c1-4-6-7-8-9-10-11-12-13-14-15-16-17-18-20-27-22(25)21(3)24-23(26)28-19-5-2/h2,21H,4,6-20H2,1,3H3,(H,24,26)/t21-/m0/s1. The highest BCUT2D eigenvalue weighted by Crippen LogP contribution is 2.13. The first kappa shape index (κ1) is 26.3. The summed E-state index contributed by atoms with van der Waals surface area (Å²) in [6.45, 7) is 4.09. The molecule has 0 aromatic heterocycles. The molecule has 0 rings (SSSR count). The largest absolute Gasteiger partial charge is 0.464 e. The number of esters is 1. The Kier molecular flexibility index (Phi) is 18.8. The Morgan fingerprint density at radius 1 is 0.821 bits per heavy atom. The Morgan fingerprint density at radius 3 is 1.75 bits per heavy atom. The highest BCUT2D eigenvalue weighted by molar-refractivity contribution is 5.80. The molecular formula is C23H41NO4. The molecule has 0 aromatic carbocycles. The lowest BCUT2D eigenvalue weighted by Crippen LogP contribution is -2.40. The van der Waals surface area contributed by atoms with Crippen LogP contribution in [0, 0.1) is 12.3 Å². The van der Waals surface area contributed by atoms with Crippen molar-refractivity contribution in [3.63, 3.8) is 0 Å². The van der Waals surface area contributed by atoms with Gasteiger partial charge >= 0.3 is 12.1 Å². The van der Waals surface area contributed by atoms with Gasteiger partial charge in [0, 0.05) is 0 Å². The summed E-state index contributed by atoms with van der Waals surface area (Å²) in [5.41, 5.74) is 0. The first-order valence-corrected chi connectivity index (χ1v) is 11.1. The van der Waals surface area contributed by atoms with E-state index in [-0.39, 0.29) is 6.61 Å². The van der Waals surface area contributed by atoms with E-state index in [1.165, 1.54) is 77.0 Å². The zero-order valence-electron chi connectivity index (χ0n) is 18.1. The highest BCUT2D eigenvalue weighted by Gasteiger charge is 2.17. The molecule has 0 aliphatic rings. The van der Waals surface area contributed by atoms with Crippen LogP contribution in [0.4, 0.5) is 4.79 Å². The average Bonchev–Trinajstić information content (AvgIpc) is 2.69. The summed E-state index contributed by atoms with van der Waals surface area (Å²) in [4.78, 5) is 23.0. The number of amides is 1. The molecule has 1 atom stereocenters. The van der Waals surface area contributed by atoms with Gasteiger partial charge in [0.1, 0.15) is 6.04 Å². The van der Waals surface area contributed by atoms with Crippen LogP contribution in [0.2, 0.25) is 0 Å². The van der Waals surface area contributed by atoms with E-state index in [1.807, 2.05) is 0 Å². The van der Waals surface area contributed by atoms with Crippen molar-refractivity contribution in [1.82, 2.24) is 5.32 Å². The van der Waals surface area contributed by atoms with Gasteiger partial charge in [-0.1, -0.05) is 96.3 Å². The number of nitrogens with one attached hydrogen (secondary N) is 1. The first-order valence-electron chi connectivity index (χ1n) is 11.1. The van der Waals surface area contributed by atoms with Gasteiger partial charge in [-0.3, -0.25) is 0 Å². The van der Waals surface area contributed by atoms with Crippen molar-refractivity contribution in [2.24, 2.45) is 0 Å². The van der Waals surface area contributed by atoms with Crippen LogP contribution in [0.5, 0.6) is 0 Å². The molecule has 1 amide bonds. The summed E-state index contributed by atoms with van der Waals surface area (Å²) < 4.78 is 9.82. The lowest BCUT2D eigenvalue weighted by atomic mass is 10.0. The van der Waals surface area contributed by atoms with E-state index in [1.54, 1.807) is 6.92 Å². The van der Waals surface area contributed by atoms with Crippen LogP contribution in [-0.2, 0) is 14.3 Å². The summed E-state index contributed by atoms with van der Waals surface area (Å²) in [5, 5.41) is 2.39. The molecule has 162 valence electrons. The van der Waals surface area contributed by atoms with Gasteiger partial charge in [-0.25, -0.2) is 9.59 Å². The number of unbranched alkanes of at least 4 members (excludes halogenated alkanes) is 13. The Labute approximate surface area is 172 Å². The molecule has 0 aromatic rings. The van der Waals surface area contributed by atoms with E-state index < -0.39 is 18.1 Å². The predicted octanol–water partition coefficient (Wildman–Crippen LogP) is 5.76. The summed E-state index contributed by atoms with van der Waals surface area (Å²) in [6.07, 6.45) is 22.3. The summed E-state index contributed by atoms with van der Waals surface area (Å²) >= 11 is 0. The maximum Gasteiger partial charge on any atom is 0.408 e. The smallest absolute Gasteiger partial charge is 0.408 e. The quantitative estimate of drug-likeness (QED) is 0.182. The van der Waals surface area contributed by atoms with Crippen molar-refractivity contribution in [3.8, 4) is 12.3 Å². The number of alkyl carbamates (subject to hydrolysis) is 1. The van der Waals surface area contributed by atoms with Gasteiger partial charge in [-0.05, 0) is 13.3 Å². The molecular weight excluding hydrogens is 354 g/mol. The summed E-state index contributed by atoms with van der Waals surface area (Å²) in [5.74, 6) is 1.73. The van der Waals surface area contributed by atoms with E-state index in [9.17, 15) is 9.59 Å². The fraction of sp³-hybridized carbons (Fsp3) is 0.826. The van der Waals surface area contributed by atoms with Crippen molar-refractivity contribution in [2.45, 2.75) is 110 Å². The Balaban J connectivity index is 3.35. The number of carbonyl (C=O) groups is 2. The van der Waals surface area contributed by atoms with Gasteiger partial charge in [0.25, 0.3) is 0 Å². The van der Waals surface area contributed by atoms with Crippen molar-refractivity contribution in [2.75, 3.05) is 13.2 Å². The van der Waals surface area contributed by atoms with Crippen molar-refractivity contribution < 1.29 is 19.1 Å². The molecule has 0 spiro atoms. The summed E-state index contributed by atoms with van der Waals surface area (Å²) in [7, 11) is 0. The molecule has 0 aliphatic carbocycles. The highest BCUT2D eigenvalue weighted by atomic mass is 16.6. The molecule has 5 nitrogen and oxygen atoms in total. The number of hydrogen-bond acceptors (Lipinski definition) is 4. The summed E-state index contributed by atoms with van der Waals surface area (Å²) in [6, 6.07) is -0.739. The van der Waals surface area contributed by atoms with E-state index >= 15 is 0 Å². The number of terminal acetylenes is 1. The predicted molar refractivity (Wildman–Crippen MR) is 114 cm³/mol. The second-order valence-corrected chi connectivity index (χ2v) is 7.41. The van der Waals surface area contributed by atoms with Crippen LogP contribution >= 0.6 is 0 Å². The van der Waals surface area contributed by atoms with Gasteiger partial charge in [0.2, 0.25) is 0 Å². The molecule has 0 radical (unpaired) electrons. The monoisotopic (exact) mass is 395 g/mol. The molecule has 0 aliphatic heterocycles. The molecule has 0 bridgehead atoms. The van der Waals surface area contributed by atoms with Gasteiger partial charge in [-0.2, -0.15) is 0 Å². The molecule has 5 heteroatoms. The Bertz CT molecular complexity index is 431. The second-order valence-electron chi connectivity index (χ2n) is 7.41. The topological polar surface area (TPSA) is 64.6 Å². The Morgan fingerprint density at radius 2 is 1.29 bits per heavy atom. The van der Waals surface area contributed by atoms with Crippen molar-refractivity contribution in [1.29, 1.82) is 0 Å². The van der Waals surface area contributed by atoms with Gasteiger partial charge < -0.3 is 14.8 Å². The maximum absolute atomic E-state index is 11.8. The van der Waals surface area contributed by atoms with Crippen LogP contribution in [0.1, 0.15) is 104 Å². The fourth-order valence-corrected chi connectivity index (χ4v) is 2.98. The number of rotatable bonds is 18. The van der Waals surface area contributed by atoms with E-state index in [0.717, 1.165) is 12.8 Å². The van der Waals surface area contributed by atoms with Crippen molar-refractivity contribution in [3.05, 3.63) is 0 Å². The van der Waals surface area contributed by atoms with Crippen LogP contribution in [0.3, 0.4) is 0 Å². The van der Waals surface area contributed by atoms with Gasteiger partial charge in [-0.15, -0.1) is 6.42 Å². The first-order chi connectivity index (χ1) is 13.6. The molecule has 1 N–H and O–H groups in total. The third kappa shape index (κ3) is 17.7. The zero-order chi connectivity index (χ0) is 20.9. The normalized spacial score (nSPS) is 11.5. The molecule has 0 saturated heterocycles. The zero-order valence-corrected chi connectivity index (χ0v) is 18.1. The van der Waals surface area contributed by atoms with Gasteiger partial charge in [0.15, 0.2) is 6.61 Å². The molecule has 0 fully saturated rings. The number of carbonyl (C=O) groups excluding carboxylic acids is 2. The number of ether oxygens (including phenoxy) is 2. The third-order valence-electron chi connectivity index (χ3n) is 4.72. The number of hydrogen-bond donors (Lipinski definition) is 1. The van der Waals surface area contributed by atoms with Crippen molar-refractivity contribution >= 4 is 12.1 Å². The fourth-order valence-electron chi connectivity index (χ4n) is 2.98. The molecule has 28 heavy (non-hydrogen) atoms. The van der Waals surface area contributed by atoms with Crippen LogP contribution in [0.15, 0.2) is 0 Å². The Hall–Kier alpha value is -1.70. The molecule has 0 saturated carbocycles. The minimum atomic E-state index is -0.739. The average molecular weight is 396 g/mol.